The van der Waals surface area contributed by atoms with E-state index in [-0.39, 0.29) is 24.2 Å². The number of ether oxygens (including phenoxy) is 1. The number of piperidine rings is 1. The lowest BCUT2D eigenvalue weighted by molar-refractivity contribution is 0.0198. The predicted octanol–water partition coefficient (Wildman–Crippen LogP) is 6.09. The zero-order valence-electron chi connectivity index (χ0n) is 22.2. The number of likely N-dealkylation sites (tertiary alicyclic amines) is 1. The van der Waals surface area contributed by atoms with Crippen LogP contribution in [0.15, 0.2) is 65.8 Å². The number of aromatic nitrogens is 1. The maximum atomic E-state index is 12.8. The predicted molar refractivity (Wildman–Crippen MR) is 150 cm³/mol. The molecule has 0 spiro atoms. The average Bonchev–Trinajstić information content (AvgIpc) is 2.92. The Morgan fingerprint density at radius 1 is 1.08 bits per heavy atom. The monoisotopic (exact) mass is 510 g/mol. The second kappa shape index (κ2) is 10.8. The first-order valence-electron chi connectivity index (χ1n) is 13.2. The summed E-state index contributed by atoms with van der Waals surface area (Å²) in [6.45, 7) is 7.56. The van der Waals surface area contributed by atoms with Gasteiger partial charge in [0.15, 0.2) is 5.78 Å². The van der Waals surface area contributed by atoms with E-state index in [1.807, 2.05) is 74.4 Å². The van der Waals surface area contributed by atoms with Crippen LogP contribution in [0.4, 0.5) is 10.5 Å². The van der Waals surface area contributed by atoms with Gasteiger partial charge in [0.05, 0.1) is 6.42 Å². The molecular formula is C31H34N4O3. The number of fused-ring (bicyclic) bond motifs is 1. The molecule has 0 bridgehead atoms. The fourth-order valence-corrected chi connectivity index (χ4v) is 5.15. The van der Waals surface area contributed by atoms with Crippen LogP contribution in [0.5, 0.6) is 0 Å². The lowest BCUT2D eigenvalue weighted by atomic mass is 9.85. The standard InChI is InChI=1S/C31H34N4O3/c1-31(2,3)38-30(37)35-16-6-7-23(19-35)26-14-13-25(27-18-32-20-34-29(26)27)21-9-11-22(12-10-21)28(36)17-24-8-4-5-15-33-24/h4-5,8-15,18,23,34H,6-7,16-17,19-20H2,1-3H3. The van der Waals surface area contributed by atoms with Crippen LogP contribution in [-0.2, 0) is 11.2 Å². The highest BCUT2D eigenvalue weighted by atomic mass is 16.6. The van der Waals surface area contributed by atoms with E-state index in [0.717, 1.165) is 40.9 Å². The molecule has 1 atom stereocenters. The SMILES string of the molecule is CC(C)(C)OC(=O)N1CCCC(c2ccc(-c3ccc(C(=O)Cc4ccccn4)cc3)c3c2NCN=C3)C1. The topological polar surface area (TPSA) is 83.9 Å². The van der Waals surface area contributed by atoms with Crippen molar-refractivity contribution in [3.8, 4) is 11.1 Å². The summed E-state index contributed by atoms with van der Waals surface area (Å²) in [6, 6.07) is 17.7. The molecule has 3 aromatic rings. The van der Waals surface area contributed by atoms with Gasteiger partial charge in [-0.2, -0.15) is 0 Å². The highest BCUT2D eigenvalue weighted by molar-refractivity contribution is 6.00. The molecule has 2 aliphatic heterocycles. The number of ketones is 1. The van der Waals surface area contributed by atoms with Crippen molar-refractivity contribution in [1.82, 2.24) is 9.88 Å². The third kappa shape index (κ3) is 5.77. The van der Waals surface area contributed by atoms with Crippen LogP contribution >= 0.6 is 0 Å². The Bertz CT molecular complexity index is 1340. The first-order chi connectivity index (χ1) is 18.3. The van der Waals surface area contributed by atoms with E-state index in [1.54, 1.807) is 6.20 Å². The fraction of sp³-hybridized carbons (Fsp3) is 0.355. The summed E-state index contributed by atoms with van der Waals surface area (Å²) in [7, 11) is 0. The van der Waals surface area contributed by atoms with Crippen molar-refractivity contribution in [2.24, 2.45) is 4.99 Å². The number of Topliss-reactive ketones (excluding diaryl/α,β-unsaturated/α-hetero) is 1. The Morgan fingerprint density at radius 3 is 2.63 bits per heavy atom. The maximum Gasteiger partial charge on any atom is 0.410 e. The Balaban J connectivity index is 1.37. The Labute approximate surface area is 224 Å². The van der Waals surface area contributed by atoms with Gasteiger partial charge in [0.2, 0.25) is 0 Å². The first kappa shape index (κ1) is 25.6. The van der Waals surface area contributed by atoms with Crippen LogP contribution in [-0.4, -0.2) is 53.3 Å². The van der Waals surface area contributed by atoms with Gasteiger partial charge in [-0.05, 0) is 62.4 Å². The van der Waals surface area contributed by atoms with Crippen molar-refractivity contribution < 1.29 is 14.3 Å². The molecule has 1 amide bonds. The third-order valence-electron chi connectivity index (χ3n) is 6.94. The Hall–Kier alpha value is -4.00. The summed E-state index contributed by atoms with van der Waals surface area (Å²) >= 11 is 0. The zero-order valence-corrected chi connectivity index (χ0v) is 22.2. The fourth-order valence-electron chi connectivity index (χ4n) is 5.15. The molecule has 1 saturated heterocycles. The van der Waals surface area contributed by atoms with Gasteiger partial charge < -0.3 is 15.0 Å². The molecule has 7 nitrogen and oxygen atoms in total. The van der Waals surface area contributed by atoms with Crippen LogP contribution in [0.1, 0.15) is 66.7 Å². The van der Waals surface area contributed by atoms with E-state index in [0.29, 0.717) is 25.3 Å². The molecule has 0 aliphatic carbocycles. The molecule has 1 unspecified atom stereocenters. The van der Waals surface area contributed by atoms with Crippen molar-refractivity contribution in [3.05, 3.63) is 83.2 Å². The number of pyridine rings is 1. The molecule has 1 aromatic heterocycles. The summed E-state index contributed by atoms with van der Waals surface area (Å²) in [5, 5.41) is 3.48. The van der Waals surface area contributed by atoms with Crippen molar-refractivity contribution in [2.75, 3.05) is 25.1 Å². The van der Waals surface area contributed by atoms with Crippen molar-refractivity contribution in [3.63, 3.8) is 0 Å². The molecule has 2 aromatic carbocycles. The van der Waals surface area contributed by atoms with E-state index in [9.17, 15) is 9.59 Å². The number of aliphatic imine (C=N–C) groups is 1. The number of amides is 1. The normalized spacial score (nSPS) is 16.9. The lowest BCUT2D eigenvalue weighted by Gasteiger charge is -2.35. The first-order valence-corrected chi connectivity index (χ1v) is 13.2. The van der Waals surface area contributed by atoms with Gasteiger partial charge >= 0.3 is 6.09 Å². The van der Waals surface area contributed by atoms with E-state index >= 15 is 0 Å². The number of carbonyl (C=O) groups excluding carboxylic acids is 2. The molecule has 1 N–H and O–H groups in total. The largest absolute Gasteiger partial charge is 0.444 e. The highest BCUT2D eigenvalue weighted by Gasteiger charge is 2.30. The van der Waals surface area contributed by atoms with Gasteiger partial charge in [-0.25, -0.2) is 4.79 Å². The molecule has 3 heterocycles. The molecule has 2 aliphatic rings. The number of hydrogen-bond acceptors (Lipinski definition) is 6. The Kier molecular flexibility index (Phi) is 7.27. The number of hydrogen-bond donors (Lipinski definition) is 1. The minimum Gasteiger partial charge on any atom is -0.444 e. The minimum atomic E-state index is -0.512. The summed E-state index contributed by atoms with van der Waals surface area (Å²) in [5.41, 5.74) is 6.31. The molecule has 1 fully saturated rings. The summed E-state index contributed by atoms with van der Waals surface area (Å²) in [5.74, 6) is 0.257. The highest BCUT2D eigenvalue weighted by Crippen LogP contribution is 2.39. The van der Waals surface area contributed by atoms with E-state index < -0.39 is 5.60 Å². The van der Waals surface area contributed by atoms with Crippen molar-refractivity contribution >= 4 is 23.8 Å². The van der Waals surface area contributed by atoms with Gasteiger partial charge in [0.25, 0.3) is 0 Å². The van der Waals surface area contributed by atoms with E-state index in [2.05, 4.69) is 27.4 Å². The van der Waals surface area contributed by atoms with Crippen LogP contribution < -0.4 is 5.32 Å². The van der Waals surface area contributed by atoms with Crippen molar-refractivity contribution in [2.45, 2.75) is 51.6 Å². The smallest absolute Gasteiger partial charge is 0.410 e. The summed E-state index contributed by atoms with van der Waals surface area (Å²) < 4.78 is 5.63. The quantitative estimate of drug-likeness (QED) is 0.420. The molecule has 0 saturated carbocycles. The minimum absolute atomic E-state index is 0.0442. The van der Waals surface area contributed by atoms with Gasteiger partial charge in [0.1, 0.15) is 12.3 Å². The zero-order chi connectivity index (χ0) is 26.7. The summed E-state index contributed by atoms with van der Waals surface area (Å²) in [4.78, 5) is 36.1. The van der Waals surface area contributed by atoms with Crippen LogP contribution in [0, 0.1) is 0 Å². The van der Waals surface area contributed by atoms with Crippen LogP contribution in [0.2, 0.25) is 0 Å². The van der Waals surface area contributed by atoms with Crippen molar-refractivity contribution in [1.29, 1.82) is 0 Å². The second-order valence-electron chi connectivity index (χ2n) is 10.9. The van der Waals surface area contributed by atoms with Gasteiger partial charge in [-0.1, -0.05) is 42.5 Å². The van der Waals surface area contributed by atoms with E-state index in [4.69, 9.17) is 4.74 Å². The Morgan fingerprint density at radius 2 is 1.89 bits per heavy atom. The molecule has 0 radical (unpaired) electrons. The van der Waals surface area contributed by atoms with Crippen LogP contribution in [0.3, 0.4) is 0 Å². The van der Waals surface area contributed by atoms with Gasteiger partial charge in [-0.3, -0.25) is 14.8 Å². The second-order valence-corrected chi connectivity index (χ2v) is 10.9. The van der Waals surface area contributed by atoms with Crippen LogP contribution in [0.25, 0.3) is 11.1 Å². The van der Waals surface area contributed by atoms with Gasteiger partial charge in [0, 0.05) is 53.9 Å². The maximum absolute atomic E-state index is 12.8. The molecule has 196 valence electrons. The van der Waals surface area contributed by atoms with E-state index in [1.165, 1.54) is 5.56 Å². The number of anilines is 1. The number of benzene rings is 2. The number of rotatable bonds is 5. The number of nitrogens with one attached hydrogen (secondary N) is 1. The average molecular weight is 511 g/mol. The molecule has 38 heavy (non-hydrogen) atoms. The number of nitrogens with zero attached hydrogens (tertiary/aromatic N) is 3. The third-order valence-corrected chi connectivity index (χ3v) is 6.94. The summed E-state index contributed by atoms with van der Waals surface area (Å²) in [6.07, 6.45) is 5.61. The number of carbonyl (C=O) groups is 2. The molecule has 7 heteroatoms. The molecular weight excluding hydrogens is 476 g/mol. The molecule has 5 rings (SSSR count). The van der Waals surface area contributed by atoms with Gasteiger partial charge in [-0.15, -0.1) is 0 Å². The lowest BCUT2D eigenvalue weighted by Crippen LogP contribution is -2.42.